The zero-order chi connectivity index (χ0) is 16.0. The van der Waals surface area contributed by atoms with E-state index in [1.54, 1.807) is 6.92 Å². The molecule has 8 nitrogen and oxygen atoms in total. The van der Waals surface area contributed by atoms with Crippen molar-refractivity contribution < 1.29 is 27.9 Å². The van der Waals surface area contributed by atoms with E-state index in [2.05, 4.69) is 0 Å². The van der Waals surface area contributed by atoms with Crippen LogP contribution in [0.2, 0.25) is 0 Å². The number of benzene rings is 1. The van der Waals surface area contributed by atoms with Gasteiger partial charge in [-0.25, -0.2) is 13.2 Å². The molecule has 0 saturated heterocycles. The van der Waals surface area contributed by atoms with Gasteiger partial charge in [-0.1, -0.05) is 6.92 Å². The van der Waals surface area contributed by atoms with Crippen molar-refractivity contribution in [1.82, 2.24) is 4.31 Å². The van der Waals surface area contributed by atoms with Gasteiger partial charge in [0.05, 0.1) is 11.4 Å². The smallest absolute Gasteiger partial charge is 0.341 e. The first-order valence-electron chi connectivity index (χ1n) is 6.00. The second-order valence-corrected chi connectivity index (χ2v) is 5.99. The number of carbonyl (C=O) groups excluding carboxylic acids is 1. The predicted molar refractivity (Wildman–Crippen MR) is 73.2 cm³/mol. The van der Waals surface area contributed by atoms with E-state index in [1.165, 1.54) is 24.3 Å². The number of hydrogen-bond donors (Lipinski definition) is 2. The third kappa shape index (κ3) is 4.72. The molecule has 0 aliphatic carbocycles. The van der Waals surface area contributed by atoms with Crippen molar-refractivity contribution in [1.29, 1.82) is 0 Å². The van der Waals surface area contributed by atoms with Gasteiger partial charge < -0.3 is 15.6 Å². The van der Waals surface area contributed by atoms with Crippen LogP contribution < -0.4 is 10.5 Å². The highest BCUT2D eigenvalue weighted by molar-refractivity contribution is 7.89. The molecule has 0 aliphatic heterocycles. The van der Waals surface area contributed by atoms with Gasteiger partial charge >= 0.3 is 5.97 Å². The second-order valence-electron chi connectivity index (χ2n) is 4.05. The number of likely N-dealkylation sites (N-methyl/N-ethyl adjacent to an activating group) is 1. The summed E-state index contributed by atoms with van der Waals surface area (Å²) in [5.41, 5.74) is 5.02. The first-order valence-corrected chi connectivity index (χ1v) is 7.44. The van der Waals surface area contributed by atoms with Crippen LogP contribution in [-0.4, -0.2) is 49.4 Å². The molecule has 21 heavy (non-hydrogen) atoms. The fourth-order valence-electron chi connectivity index (χ4n) is 1.54. The van der Waals surface area contributed by atoms with E-state index in [9.17, 15) is 18.0 Å². The Hall–Kier alpha value is -2.13. The molecule has 0 atom stereocenters. The number of nitrogens with zero attached hydrogens (tertiary/aromatic N) is 1. The number of ether oxygens (including phenoxy) is 1. The molecule has 0 fully saturated rings. The summed E-state index contributed by atoms with van der Waals surface area (Å²) in [7, 11) is -3.83. The van der Waals surface area contributed by atoms with Gasteiger partial charge in [-0.3, -0.25) is 4.79 Å². The van der Waals surface area contributed by atoms with Crippen LogP contribution in [0.1, 0.15) is 6.92 Å². The average Bonchev–Trinajstić information content (AvgIpc) is 2.42. The van der Waals surface area contributed by atoms with Gasteiger partial charge in [0.1, 0.15) is 5.75 Å². The van der Waals surface area contributed by atoms with Crippen LogP contribution in [-0.2, 0) is 19.6 Å². The Bertz CT molecular complexity index is 611. The summed E-state index contributed by atoms with van der Waals surface area (Å²) in [5, 5.41) is 8.48. The highest BCUT2D eigenvalue weighted by Crippen LogP contribution is 2.19. The van der Waals surface area contributed by atoms with Crippen molar-refractivity contribution >= 4 is 21.9 Å². The maximum Gasteiger partial charge on any atom is 0.341 e. The molecule has 0 unspecified atom stereocenters. The van der Waals surface area contributed by atoms with Gasteiger partial charge in [0, 0.05) is 6.54 Å². The largest absolute Gasteiger partial charge is 0.482 e. The highest BCUT2D eigenvalue weighted by Gasteiger charge is 2.24. The molecule has 0 radical (unpaired) electrons. The maximum atomic E-state index is 12.3. The Morgan fingerprint density at radius 1 is 1.29 bits per heavy atom. The third-order valence-corrected chi connectivity index (χ3v) is 4.44. The van der Waals surface area contributed by atoms with E-state index in [0.717, 1.165) is 4.31 Å². The second kappa shape index (κ2) is 7.04. The minimum atomic E-state index is -3.83. The molecular weight excluding hydrogens is 300 g/mol. The lowest BCUT2D eigenvalue weighted by molar-refractivity contribution is -0.139. The summed E-state index contributed by atoms with van der Waals surface area (Å²) < 4.78 is 30.4. The predicted octanol–water partition coefficient (Wildman–Crippen LogP) is -0.354. The standard InChI is InChI=1S/C12H16N2O6S/c1-2-14(7-11(13)15)21(18,19)10-5-3-9(4-6-10)20-8-12(16)17/h3-6H,2,7-8H2,1H3,(H2,13,15)(H,16,17). The lowest BCUT2D eigenvalue weighted by Crippen LogP contribution is -2.38. The lowest BCUT2D eigenvalue weighted by atomic mass is 10.3. The molecule has 1 aromatic carbocycles. The van der Waals surface area contributed by atoms with E-state index in [1.807, 2.05) is 0 Å². The zero-order valence-electron chi connectivity index (χ0n) is 11.4. The van der Waals surface area contributed by atoms with Crippen LogP contribution in [0.15, 0.2) is 29.2 Å². The van der Waals surface area contributed by atoms with Gasteiger partial charge in [0.15, 0.2) is 6.61 Å². The van der Waals surface area contributed by atoms with Crippen LogP contribution in [0.4, 0.5) is 0 Å². The minimum Gasteiger partial charge on any atom is -0.482 e. The monoisotopic (exact) mass is 316 g/mol. The van der Waals surface area contributed by atoms with Crippen molar-refractivity contribution in [3.8, 4) is 5.75 Å². The SMILES string of the molecule is CCN(CC(N)=O)S(=O)(=O)c1ccc(OCC(=O)O)cc1. The Balaban J connectivity index is 2.93. The molecule has 0 aliphatic rings. The normalized spacial score (nSPS) is 11.3. The molecule has 3 N–H and O–H groups in total. The first-order chi connectivity index (χ1) is 9.77. The molecule has 0 bridgehead atoms. The Kier molecular flexibility index (Phi) is 5.68. The number of hydrogen-bond acceptors (Lipinski definition) is 5. The molecule has 1 rings (SSSR count). The summed E-state index contributed by atoms with van der Waals surface area (Å²) in [6.45, 7) is 0.762. The number of carbonyl (C=O) groups is 2. The maximum absolute atomic E-state index is 12.3. The number of amides is 1. The molecular formula is C12H16N2O6S. The van der Waals surface area contributed by atoms with E-state index in [4.69, 9.17) is 15.6 Å². The average molecular weight is 316 g/mol. The number of sulfonamides is 1. The topological polar surface area (TPSA) is 127 Å². The van der Waals surface area contributed by atoms with Crippen molar-refractivity contribution in [2.75, 3.05) is 19.7 Å². The van der Waals surface area contributed by atoms with Crippen LogP contribution in [0.3, 0.4) is 0 Å². The van der Waals surface area contributed by atoms with Crippen LogP contribution in [0, 0.1) is 0 Å². The number of primary amides is 1. The van der Waals surface area contributed by atoms with Gasteiger partial charge in [-0.15, -0.1) is 0 Å². The van der Waals surface area contributed by atoms with Gasteiger partial charge in [0.25, 0.3) is 0 Å². The molecule has 0 saturated carbocycles. The Morgan fingerprint density at radius 2 is 1.86 bits per heavy atom. The number of aliphatic carboxylic acids is 1. The van der Waals surface area contributed by atoms with Crippen LogP contribution in [0.25, 0.3) is 0 Å². The summed E-state index contributed by atoms with van der Waals surface area (Å²) in [4.78, 5) is 21.2. The minimum absolute atomic E-state index is 0.0340. The number of carboxylic acid groups (broad SMARTS) is 1. The van der Waals surface area contributed by atoms with Crippen LogP contribution in [0.5, 0.6) is 5.75 Å². The van der Waals surface area contributed by atoms with Gasteiger partial charge in [-0.05, 0) is 24.3 Å². The quantitative estimate of drug-likeness (QED) is 0.674. The molecule has 9 heteroatoms. The Morgan fingerprint density at radius 3 is 2.29 bits per heavy atom. The van der Waals surface area contributed by atoms with Crippen molar-refractivity contribution in [2.45, 2.75) is 11.8 Å². The molecule has 0 spiro atoms. The fraction of sp³-hybridized carbons (Fsp3) is 0.333. The molecule has 0 aromatic heterocycles. The number of rotatable bonds is 8. The summed E-state index contributed by atoms with van der Waals surface area (Å²) in [5.74, 6) is -1.65. The van der Waals surface area contributed by atoms with Gasteiger partial charge in [-0.2, -0.15) is 4.31 Å². The fourth-order valence-corrected chi connectivity index (χ4v) is 2.96. The highest BCUT2D eigenvalue weighted by atomic mass is 32.2. The zero-order valence-corrected chi connectivity index (χ0v) is 12.2. The van der Waals surface area contributed by atoms with Crippen molar-refractivity contribution in [3.05, 3.63) is 24.3 Å². The van der Waals surface area contributed by atoms with E-state index >= 15 is 0 Å². The molecule has 1 amide bonds. The van der Waals surface area contributed by atoms with Crippen molar-refractivity contribution in [2.24, 2.45) is 5.73 Å². The van der Waals surface area contributed by atoms with E-state index in [0.29, 0.717) is 0 Å². The molecule has 116 valence electrons. The first kappa shape index (κ1) is 16.9. The summed E-state index contributed by atoms with van der Waals surface area (Å²) in [6, 6.07) is 5.23. The van der Waals surface area contributed by atoms with Gasteiger partial charge in [0.2, 0.25) is 15.9 Å². The molecule has 0 heterocycles. The van der Waals surface area contributed by atoms with E-state index in [-0.39, 0.29) is 17.2 Å². The van der Waals surface area contributed by atoms with Crippen molar-refractivity contribution in [3.63, 3.8) is 0 Å². The number of carboxylic acids is 1. The summed E-state index contributed by atoms with van der Waals surface area (Å²) >= 11 is 0. The third-order valence-electron chi connectivity index (χ3n) is 2.51. The van der Waals surface area contributed by atoms with Crippen LogP contribution >= 0.6 is 0 Å². The van der Waals surface area contributed by atoms with E-state index < -0.39 is 35.1 Å². The summed E-state index contributed by atoms with van der Waals surface area (Å²) in [6.07, 6.45) is 0. The molecule has 1 aromatic rings. The Labute approximate surface area is 122 Å². The number of nitrogens with two attached hydrogens (primary N) is 1. The lowest BCUT2D eigenvalue weighted by Gasteiger charge is -2.18.